The summed E-state index contributed by atoms with van der Waals surface area (Å²) in [6.45, 7) is 6.83. The summed E-state index contributed by atoms with van der Waals surface area (Å²) in [5.74, 6) is -0.465. The number of anilines is 1. The van der Waals surface area contributed by atoms with Crippen LogP contribution in [0, 0.1) is 20.8 Å². The number of carbonyl (C=O) groups excluding carboxylic acids is 2. The molecule has 0 aliphatic carbocycles. The van der Waals surface area contributed by atoms with Gasteiger partial charge in [-0.3, -0.25) is 9.59 Å². The lowest BCUT2D eigenvalue weighted by molar-refractivity contribution is 0.1000. The van der Waals surface area contributed by atoms with Crippen LogP contribution in [0.5, 0.6) is 0 Å². The second-order valence-corrected chi connectivity index (χ2v) is 9.81. The van der Waals surface area contributed by atoms with Crippen molar-refractivity contribution in [3.63, 3.8) is 0 Å². The molecule has 1 aromatic heterocycles. The maximum Gasteiger partial charge on any atom is 0.272 e. The van der Waals surface area contributed by atoms with Gasteiger partial charge in [0.1, 0.15) is 11.3 Å². The van der Waals surface area contributed by atoms with Gasteiger partial charge in [-0.05, 0) is 70.2 Å². The van der Waals surface area contributed by atoms with Gasteiger partial charge in [0.15, 0.2) is 5.78 Å². The molecule has 168 valence electrons. The number of rotatable bonds is 5. The second kappa shape index (κ2) is 8.33. The molecule has 0 radical (unpaired) electrons. The number of aryl methyl sites for hydroxylation is 3. The molecule has 0 fully saturated rings. The second-order valence-electron chi connectivity index (χ2n) is 8.02. The van der Waals surface area contributed by atoms with Gasteiger partial charge in [0.05, 0.1) is 16.1 Å². The molecule has 6 nitrogen and oxygen atoms in total. The van der Waals surface area contributed by atoms with Crippen molar-refractivity contribution in [2.45, 2.75) is 32.6 Å². The lowest BCUT2D eigenvalue weighted by Gasteiger charge is -2.23. The van der Waals surface area contributed by atoms with E-state index in [2.05, 4.69) is 0 Å². The molecule has 7 heteroatoms. The highest BCUT2D eigenvalue weighted by atomic mass is 32.2. The molecule has 0 aliphatic heterocycles. The number of amides is 1. The van der Waals surface area contributed by atoms with E-state index in [9.17, 15) is 18.0 Å². The van der Waals surface area contributed by atoms with Gasteiger partial charge in [-0.2, -0.15) is 4.31 Å². The maximum absolute atomic E-state index is 13.7. The van der Waals surface area contributed by atoms with Crippen LogP contribution in [-0.2, 0) is 10.0 Å². The summed E-state index contributed by atoms with van der Waals surface area (Å²) in [4.78, 5) is 25.8. The Morgan fingerprint density at radius 2 is 1.39 bits per heavy atom. The van der Waals surface area contributed by atoms with Gasteiger partial charge in [0, 0.05) is 10.9 Å². The molecule has 4 rings (SSSR count). The van der Waals surface area contributed by atoms with E-state index in [0.29, 0.717) is 22.3 Å². The first-order valence-electron chi connectivity index (χ1n) is 10.4. The fraction of sp³-hybridized carbons (Fsp3) is 0.154. The standard InChI is InChI=1S/C26H23NO5S/c1-16-5-9-20(10-6-16)26(29)27(33(30,31)22-12-7-17(2)8-13-22)21-11-14-24-23(15-21)25(18(3)28)19(4)32-24/h5-15H,1-4H3. The molecular formula is C26H23NO5S. The van der Waals surface area contributed by atoms with Crippen LogP contribution >= 0.6 is 0 Å². The van der Waals surface area contributed by atoms with Crippen LogP contribution in [0.2, 0.25) is 0 Å². The SMILES string of the molecule is CC(=O)c1c(C)oc2ccc(N(C(=O)c3ccc(C)cc3)S(=O)(=O)c3ccc(C)cc3)cc12. The zero-order chi connectivity index (χ0) is 23.9. The normalized spacial score (nSPS) is 11.5. The Bertz CT molecular complexity index is 1480. The Kier molecular flexibility index (Phi) is 5.68. The van der Waals surface area contributed by atoms with Crippen LogP contribution in [0.4, 0.5) is 5.69 Å². The van der Waals surface area contributed by atoms with Crippen molar-refractivity contribution in [3.8, 4) is 0 Å². The molecule has 0 aliphatic rings. The van der Waals surface area contributed by atoms with Crippen LogP contribution in [0.15, 0.2) is 76.0 Å². The number of benzene rings is 3. The van der Waals surface area contributed by atoms with E-state index in [1.54, 1.807) is 49.4 Å². The molecule has 0 atom stereocenters. The number of hydrogen-bond acceptors (Lipinski definition) is 5. The zero-order valence-electron chi connectivity index (χ0n) is 18.7. The van der Waals surface area contributed by atoms with Crippen LogP contribution in [-0.4, -0.2) is 20.1 Å². The molecule has 0 unspecified atom stereocenters. The molecule has 0 bridgehead atoms. The van der Waals surface area contributed by atoms with E-state index >= 15 is 0 Å². The summed E-state index contributed by atoms with van der Waals surface area (Å²) in [6.07, 6.45) is 0. The first-order chi connectivity index (χ1) is 15.6. The molecule has 0 spiro atoms. The van der Waals surface area contributed by atoms with E-state index in [1.165, 1.54) is 31.2 Å². The highest BCUT2D eigenvalue weighted by molar-refractivity contribution is 7.93. The van der Waals surface area contributed by atoms with Crippen LogP contribution in [0.25, 0.3) is 11.0 Å². The molecule has 33 heavy (non-hydrogen) atoms. The lowest BCUT2D eigenvalue weighted by atomic mass is 10.1. The number of Topliss-reactive ketones (excluding diaryl/α,β-unsaturated/α-hetero) is 1. The van der Waals surface area contributed by atoms with E-state index in [0.717, 1.165) is 15.4 Å². The number of nitrogens with zero attached hydrogens (tertiary/aromatic N) is 1. The summed E-state index contributed by atoms with van der Waals surface area (Å²) in [6, 6.07) is 17.6. The number of fused-ring (bicyclic) bond motifs is 1. The minimum atomic E-state index is -4.26. The maximum atomic E-state index is 13.7. The molecule has 1 amide bonds. The predicted octanol–water partition coefficient (Wildman–Crippen LogP) is 5.60. The smallest absolute Gasteiger partial charge is 0.272 e. The number of hydrogen-bond donors (Lipinski definition) is 0. The number of sulfonamides is 1. The van der Waals surface area contributed by atoms with Gasteiger partial charge in [0.2, 0.25) is 0 Å². The molecule has 1 heterocycles. The van der Waals surface area contributed by atoms with Crippen LogP contribution < -0.4 is 4.31 Å². The number of ketones is 1. The van der Waals surface area contributed by atoms with Gasteiger partial charge in [-0.1, -0.05) is 35.4 Å². The van der Waals surface area contributed by atoms with Crippen LogP contribution in [0.3, 0.4) is 0 Å². The van der Waals surface area contributed by atoms with Crippen molar-refractivity contribution in [2.75, 3.05) is 4.31 Å². The molecule has 4 aromatic rings. The molecule has 0 N–H and O–H groups in total. The Labute approximate surface area is 192 Å². The van der Waals surface area contributed by atoms with Crippen molar-refractivity contribution in [3.05, 3.63) is 94.7 Å². The van der Waals surface area contributed by atoms with Crippen molar-refractivity contribution in [2.24, 2.45) is 0 Å². The van der Waals surface area contributed by atoms with Gasteiger partial charge in [-0.25, -0.2) is 8.42 Å². The van der Waals surface area contributed by atoms with E-state index in [1.807, 2.05) is 13.8 Å². The van der Waals surface area contributed by atoms with E-state index < -0.39 is 15.9 Å². The van der Waals surface area contributed by atoms with Crippen molar-refractivity contribution >= 4 is 38.4 Å². The van der Waals surface area contributed by atoms with Crippen molar-refractivity contribution in [1.82, 2.24) is 0 Å². The molecule has 3 aromatic carbocycles. The lowest BCUT2D eigenvalue weighted by Crippen LogP contribution is -2.37. The predicted molar refractivity (Wildman–Crippen MR) is 127 cm³/mol. The highest BCUT2D eigenvalue weighted by Crippen LogP contribution is 2.33. The Balaban J connectivity index is 1.95. The fourth-order valence-corrected chi connectivity index (χ4v) is 5.17. The Morgan fingerprint density at radius 3 is 1.97 bits per heavy atom. The Hall–Kier alpha value is -3.71. The first kappa shape index (κ1) is 22.5. The topological polar surface area (TPSA) is 84.7 Å². The minimum Gasteiger partial charge on any atom is -0.461 e. The van der Waals surface area contributed by atoms with Gasteiger partial charge < -0.3 is 4.42 Å². The van der Waals surface area contributed by atoms with Gasteiger partial charge >= 0.3 is 0 Å². The largest absolute Gasteiger partial charge is 0.461 e. The third-order valence-corrected chi connectivity index (χ3v) is 7.20. The average Bonchev–Trinajstić information content (AvgIpc) is 3.09. The van der Waals surface area contributed by atoms with Gasteiger partial charge in [-0.15, -0.1) is 0 Å². The summed E-state index contributed by atoms with van der Waals surface area (Å²) in [5, 5.41) is 0.457. The van der Waals surface area contributed by atoms with Gasteiger partial charge in [0.25, 0.3) is 15.9 Å². The average molecular weight is 462 g/mol. The van der Waals surface area contributed by atoms with Crippen molar-refractivity contribution < 1.29 is 22.4 Å². The third kappa shape index (κ3) is 4.07. The quantitative estimate of drug-likeness (QED) is 0.361. The summed E-state index contributed by atoms with van der Waals surface area (Å²) in [5.41, 5.74) is 3.00. The number of carbonyl (C=O) groups is 2. The monoisotopic (exact) mass is 461 g/mol. The summed E-state index contributed by atoms with van der Waals surface area (Å²) < 4.78 is 33.9. The first-order valence-corrected chi connectivity index (χ1v) is 11.8. The molecule has 0 saturated carbocycles. The Morgan fingerprint density at radius 1 is 0.818 bits per heavy atom. The zero-order valence-corrected chi connectivity index (χ0v) is 19.6. The number of furan rings is 1. The fourth-order valence-electron chi connectivity index (χ4n) is 3.77. The summed E-state index contributed by atoms with van der Waals surface area (Å²) >= 11 is 0. The van der Waals surface area contributed by atoms with Crippen molar-refractivity contribution in [1.29, 1.82) is 0 Å². The van der Waals surface area contributed by atoms with E-state index in [4.69, 9.17) is 4.42 Å². The molecule has 0 saturated heterocycles. The highest BCUT2D eigenvalue weighted by Gasteiger charge is 2.32. The van der Waals surface area contributed by atoms with E-state index in [-0.39, 0.29) is 21.9 Å². The minimum absolute atomic E-state index is 0.0103. The third-order valence-electron chi connectivity index (χ3n) is 5.48. The molecular weight excluding hydrogens is 438 g/mol. The summed E-state index contributed by atoms with van der Waals surface area (Å²) in [7, 11) is -4.26. The van der Waals surface area contributed by atoms with Crippen LogP contribution in [0.1, 0.15) is 44.5 Å².